The zero-order valence-corrected chi connectivity index (χ0v) is 8.51. The highest BCUT2D eigenvalue weighted by molar-refractivity contribution is 5.74. The van der Waals surface area contributed by atoms with E-state index in [2.05, 4.69) is 5.32 Å². The van der Waals surface area contributed by atoms with Crippen molar-refractivity contribution in [1.82, 2.24) is 5.32 Å². The van der Waals surface area contributed by atoms with Crippen LogP contribution in [-0.2, 0) is 4.79 Å². The molecule has 0 amide bonds. The van der Waals surface area contributed by atoms with Gasteiger partial charge in [-0.2, -0.15) is 0 Å². The van der Waals surface area contributed by atoms with Crippen LogP contribution in [0.1, 0.15) is 34.6 Å². The zero-order chi connectivity index (χ0) is 9.94. The molecule has 0 aliphatic carbocycles. The Kier molecular flexibility index (Phi) is 3.71. The highest BCUT2D eigenvalue weighted by Gasteiger charge is 2.31. The monoisotopic (exact) mass is 173 g/mol. The van der Waals surface area contributed by atoms with Crippen molar-refractivity contribution in [2.75, 3.05) is 0 Å². The molecule has 72 valence electrons. The minimum atomic E-state index is -0.781. The summed E-state index contributed by atoms with van der Waals surface area (Å²) in [6, 6.07) is -0.275. The number of hydrogen-bond acceptors (Lipinski definition) is 2. The number of carboxylic acid groups (broad SMARTS) is 1. The quantitative estimate of drug-likeness (QED) is 0.679. The van der Waals surface area contributed by atoms with Crippen molar-refractivity contribution in [1.29, 1.82) is 0 Å². The summed E-state index contributed by atoms with van der Waals surface area (Å²) in [5.74, 6) is -0.781. The molecule has 3 nitrogen and oxygen atoms in total. The number of rotatable bonds is 3. The second kappa shape index (κ2) is 3.90. The van der Waals surface area contributed by atoms with Crippen LogP contribution in [0.2, 0.25) is 0 Å². The summed E-state index contributed by atoms with van der Waals surface area (Å²) < 4.78 is 0. The normalized spacial score (nSPS) is 14.8. The lowest BCUT2D eigenvalue weighted by molar-refractivity contribution is -0.142. The van der Waals surface area contributed by atoms with E-state index < -0.39 is 12.0 Å². The maximum atomic E-state index is 10.8. The molecule has 0 aliphatic rings. The molecule has 2 N–H and O–H groups in total. The molecule has 0 heterocycles. The third-order valence-electron chi connectivity index (χ3n) is 1.61. The van der Waals surface area contributed by atoms with Crippen molar-refractivity contribution in [3.63, 3.8) is 0 Å². The molecule has 0 radical (unpaired) electrons. The highest BCUT2D eigenvalue weighted by atomic mass is 16.4. The van der Waals surface area contributed by atoms with Crippen molar-refractivity contribution in [2.24, 2.45) is 5.41 Å². The third kappa shape index (κ3) is 3.72. The molecule has 0 aromatic heterocycles. The average molecular weight is 173 g/mol. The molecule has 0 bridgehead atoms. The van der Waals surface area contributed by atoms with Gasteiger partial charge in [0.05, 0.1) is 0 Å². The Bertz CT molecular complexity index is 158. The summed E-state index contributed by atoms with van der Waals surface area (Å²) in [7, 11) is 0. The minimum absolute atomic E-state index is 0.199. The van der Waals surface area contributed by atoms with Gasteiger partial charge in [0, 0.05) is 6.04 Å². The van der Waals surface area contributed by atoms with Gasteiger partial charge in [-0.3, -0.25) is 4.79 Å². The first-order valence-electron chi connectivity index (χ1n) is 4.24. The molecular formula is C9H19NO2. The summed E-state index contributed by atoms with van der Waals surface area (Å²) >= 11 is 0. The lowest BCUT2D eigenvalue weighted by Gasteiger charge is -2.29. The van der Waals surface area contributed by atoms with Gasteiger partial charge in [-0.05, 0) is 5.41 Å². The summed E-state index contributed by atoms with van der Waals surface area (Å²) in [6.07, 6.45) is 0. The van der Waals surface area contributed by atoms with E-state index in [1.165, 1.54) is 0 Å². The smallest absolute Gasteiger partial charge is 0.321 e. The second-order valence-electron chi connectivity index (χ2n) is 4.46. The van der Waals surface area contributed by atoms with Gasteiger partial charge in [0.2, 0.25) is 0 Å². The van der Waals surface area contributed by atoms with Crippen molar-refractivity contribution in [3.8, 4) is 0 Å². The molecule has 3 heteroatoms. The van der Waals surface area contributed by atoms with Crippen molar-refractivity contribution in [3.05, 3.63) is 0 Å². The summed E-state index contributed by atoms with van der Waals surface area (Å²) in [5, 5.41) is 11.9. The SMILES string of the molecule is CC(C)NC(C(=O)O)C(C)(C)C. The van der Waals surface area contributed by atoms with Crippen LogP contribution in [-0.4, -0.2) is 23.2 Å². The average Bonchev–Trinajstić information content (AvgIpc) is 1.79. The van der Waals surface area contributed by atoms with Crippen molar-refractivity contribution < 1.29 is 9.90 Å². The maximum Gasteiger partial charge on any atom is 0.321 e. The Morgan fingerprint density at radius 3 is 1.83 bits per heavy atom. The first kappa shape index (κ1) is 11.4. The van der Waals surface area contributed by atoms with Crippen LogP contribution in [0.5, 0.6) is 0 Å². The van der Waals surface area contributed by atoms with Crippen LogP contribution in [0.15, 0.2) is 0 Å². The van der Waals surface area contributed by atoms with E-state index in [0.717, 1.165) is 0 Å². The number of carboxylic acids is 1. The van der Waals surface area contributed by atoms with E-state index >= 15 is 0 Å². The Hall–Kier alpha value is -0.570. The topological polar surface area (TPSA) is 49.3 Å². The lowest BCUT2D eigenvalue weighted by Crippen LogP contribution is -2.49. The van der Waals surface area contributed by atoms with Crippen molar-refractivity contribution in [2.45, 2.75) is 46.7 Å². The number of nitrogens with one attached hydrogen (secondary N) is 1. The lowest BCUT2D eigenvalue weighted by atomic mass is 9.86. The molecule has 0 fully saturated rings. The molecular weight excluding hydrogens is 154 g/mol. The largest absolute Gasteiger partial charge is 0.480 e. The first-order chi connectivity index (χ1) is 5.25. The second-order valence-corrected chi connectivity index (χ2v) is 4.46. The number of carbonyl (C=O) groups is 1. The van der Waals surface area contributed by atoms with Crippen LogP contribution in [0.3, 0.4) is 0 Å². The fourth-order valence-electron chi connectivity index (χ4n) is 1.03. The number of aliphatic carboxylic acids is 1. The van der Waals surface area contributed by atoms with E-state index in [1.54, 1.807) is 0 Å². The van der Waals surface area contributed by atoms with E-state index in [4.69, 9.17) is 5.11 Å². The van der Waals surface area contributed by atoms with Gasteiger partial charge in [-0.1, -0.05) is 34.6 Å². The van der Waals surface area contributed by atoms with Gasteiger partial charge in [0.1, 0.15) is 6.04 Å². The maximum absolute atomic E-state index is 10.8. The predicted octanol–water partition coefficient (Wildman–Crippen LogP) is 1.48. The van der Waals surface area contributed by atoms with Gasteiger partial charge in [-0.25, -0.2) is 0 Å². The Morgan fingerprint density at radius 2 is 1.75 bits per heavy atom. The molecule has 12 heavy (non-hydrogen) atoms. The Balaban J connectivity index is 4.35. The van der Waals surface area contributed by atoms with Gasteiger partial charge < -0.3 is 10.4 Å². The summed E-state index contributed by atoms with van der Waals surface area (Å²) in [4.78, 5) is 10.8. The predicted molar refractivity (Wildman–Crippen MR) is 49.2 cm³/mol. The zero-order valence-electron chi connectivity index (χ0n) is 8.51. The Labute approximate surface area is 74.2 Å². The fourth-order valence-corrected chi connectivity index (χ4v) is 1.03. The van der Waals surface area contributed by atoms with Gasteiger partial charge >= 0.3 is 5.97 Å². The molecule has 0 spiro atoms. The minimum Gasteiger partial charge on any atom is -0.480 e. The van der Waals surface area contributed by atoms with Gasteiger partial charge in [-0.15, -0.1) is 0 Å². The van der Waals surface area contributed by atoms with E-state index in [1.807, 2.05) is 34.6 Å². The van der Waals surface area contributed by atoms with Crippen LogP contribution in [0.25, 0.3) is 0 Å². The number of hydrogen-bond donors (Lipinski definition) is 2. The van der Waals surface area contributed by atoms with Crippen LogP contribution < -0.4 is 5.32 Å². The van der Waals surface area contributed by atoms with Crippen LogP contribution >= 0.6 is 0 Å². The fraction of sp³-hybridized carbons (Fsp3) is 0.889. The molecule has 0 aromatic rings. The molecule has 1 unspecified atom stereocenters. The van der Waals surface area contributed by atoms with E-state index in [9.17, 15) is 4.79 Å². The van der Waals surface area contributed by atoms with Gasteiger partial charge in [0.25, 0.3) is 0 Å². The first-order valence-corrected chi connectivity index (χ1v) is 4.24. The Morgan fingerprint density at radius 1 is 1.33 bits per heavy atom. The molecule has 0 aromatic carbocycles. The summed E-state index contributed by atoms with van der Waals surface area (Å²) in [6.45, 7) is 9.65. The van der Waals surface area contributed by atoms with Gasteiger partial charge in [0.15, 0.2) is 0 Å². The third-order valence-corrected chi connectivity index (χ3v) is 1.61. The van der Waals surface area contributed by atoms with Crippen molar-refractivity contribution >= 4 is 5.97 Å². The molecule has 0 rings (SSSR count). The molecule has 0 saturated carbocycles. The standard InChI is InChI=1S/C9H19NO2/c1-6(2)10-7(8(11)12)9(3,4)5/h6-7,10H,1-5H3,(H,11,12). The molecule has 0 saturated heterocycles. The molecule has 0 aliphatic heterocycles. The van der Waals surface area contributed by atoms with Crippen LogP contribution in [0, 0.1) is 5.41 Å². The highest BCUT2D eigenvalue weighted by Crippen LogP contribution is 2.19. The summed E-state index contributed by atoms with van der Waals surface area (Å²) in [5.41, 5.74) is -0.240. The molecule has 1 atom stereocenters. The van der Waals surface area contributed by atoms with E-state index in [0.29, 0.717) is 0 Å². The van der Waals surface area contributed by atoms with Crippen LogP contribution in [0.4, 0.5) is 0 Å². The van der Waals surface area contributed by atoms with E-state index in [-0.39, 0.29) is 11.5 Å².